The van der Waals surface area contributed by atoms with Gasteiger partial charge in [-0.15, -0.1) is 0 Å². The van der Waals surface area contributed by atoms with Crippen LogP contribution in [0.4, 0.5) is 11.4 Å². The maximum absolute atomic E-state index is 11.0. The lowest BCUT2D eigenvalue weighted by Crippen LogP contribution is -2.47. The number of aliphatic carboxylic acids is 1. The third-order valence-corrected chi connectivity index (χ3v) is 3.09. The summed E-state index contributed by atoms with van der Waals surface area (Å²) in [5.74, 6) is -0.735. The molecule has 0 bridgehead atoms. The topological polar surface area (TPSA) is 83.7 Å². The molecular formula is C12H14N2O4. The van der Waals surface area contributed by atoms with Crippen LogP contribution in [-0.2, 0) is 4.79 Å². The Kier molecular flexibility index (Phi) is 3.18. The zero-order chi connectivity index (χ0) is 13.3. The van der Waals surface area contributed by atoms with Crippen LogP contribution in [0.2, 0.25) is 0 Å². The van der Waals surface area contributed by atoms with Gasteiger partial charge < -0.3 is 10.0 Å². The van der Waals surface area contributed by atoms with E-state index in [1.54, 1.807) is 19.1 Å². The van der Waals surface area contributed by atoms with E-state index in [0.29, 0.717) is 18.8 Å². The lowest BCUT2D eigenvalue weighted by atomic mass is 9.95. The van der Waals surface area contributed by atoms with Crippen molar-refractivity contribution in [1.82, 2.24) is 0 Å². The van der Waals surface area contributed by atoms with Gasteiger partial charge in [-0.25, -0.2) is 0 Å². The van der Waals surface area contributed by atoms with Crippen molar-refractivity contribution in [3.05, 3.63) is 33.9 Å². The van der Waals surface area contributed by atoms with Crippen molar-refractivity contribution in [2.75, 3.05) is 18.0 Å². The molecule has 96 valence electrons. The maximum Gasteiger partial charge on any atom is 0.303 e. The van der Waals surface area contributed by atoms with Gasteiger partial charge in [0.15, 0.2) is 0 Å². The lowest BCUT2D eigenvalue weighted by molar-refractivity contribution is -0.384. The van der Waals surface area contributed by atoms with E-state index in [-0.39, 0.29) is 18.0 Å². The Morgan fingerprint density at radius 1 is 1.56 bits per heavy atom. The first-order valence-corrected chi connectivity index (χ1v) is 5.69. The summed E-state index contributed by atoms with van der Waals surface area (Å²) in [6, 6.07) is 5.09. The molecule has 1 aromatic carbocycles. The van der Waals surface area contributed by atoms with E-state index < -0.39 is 10.9 Å². The molecule has 2 rings (SSSR count). The van der Waals surface area contributed by atoms with Gasteiger partial charge in [0.2, 0.25) is 0 Å². The van der Waals surface area contributed by atoms with Gasteiger partial charge in [0, 0.05) is 25.1 Å². The van der Waals surface area contributed by atoms with Gasteiger partial charge in [-0.3, -0.25) is 14.9 Å². The number of hydrogen-bond donors (Lipinski definition) is 1. The molecule has 0 saturated carbocycles. The number of carboxylic acids is 1. The average Bonchev–Trinajstić information content (AvgIpc) is 2.23. The van der Waals surface area contributed by atoms with E-state index in [1.165, 1.54) is 0 Å². The molecule has 1 saturated heterocycles. The van der Waals surface area contributed by atoms with Crippen molar-refractivity contribution in [3.8, 4) is 0 Å². The monoisotopic (exact) mass is 250 g/mol. The van der Waals surface area contributed by atoms with Crippen LogP contribution in [0.25, 0.3) is 0 Å². The van der Waals surface area contributed by atoms with Crippen molar-refractivity contribution in [3.63, 3.8) is 0 Å². The van der Waals surface area contributed by atoms with Gasteiger partial charge in [-0.05, 0) is 18.6 Å². The third-order valence-electron chi connectivity index (χ3n) is 3.09. The summed E-state index contributed by atoms with van der Waals surface area (Å²) in [5, 5.41) is 19.6. The molecule has 6 nitrogen and oxygen atoms in total. The highest BCUT2D eigenvalue weighted by Gasteiger charge is 2.32. The number of carboxylic acid groups (broad SMARTS) is 1. The Hall–Kier alpha value is -2.11. The van der Waals surface area contributed by atoms with E-state index in [0.717, 1.165) is 5.56 Å². The standard InChI is InChI=1S/C12H14N2O4/c1-8-2-3-10(11(4-8)14(17)18)13-6-9(7-13)5-12(15)16/h2-4,9H,5-7H2,1H3,(H,15,16). The van der Waals surface area contributed by atoms with Gasteiger partial charge in [0.1, 0.15) is 5.69 Å². The SMILES string of the molecule is Cc1ccc(N2CC(CC(=O)O)C2)c([N+](=O)[O-])c1. The predicted molar refractivity (Wildman–Crippen MR) is 65.8 cm³/mol. The molecule has 1 fully saturated rings. The van der Waals surface area contributed by atoms with Gasteiger partial charge in [0.25, 0.3) is 5.69 Å². The van der Waals surface area contributed by atoms with E-state index in [9.17, 15) is 14.9 Å². The molecule has 1 aliphatic heterocycles. The van der Waals surface area contributed by atoms with Crippen molar-refractivity contribution in [2.24, 2.45) is 5.92 Å². The Morgan fingerprint density at radius 2 is 2.22 bits per heavy atom. The minimum atomic E-state index is -0.821. The van der Waals surface area contributed by atoms with Gasteiger partial charge in [0.05, 0.1) is 11.3 Å². The molecule has 1 aromatic rings. The highest BCUT2D eigenvalue weighted by atomic mass is 16.6. The summed E-state index contributed by atoms with van der Waals surface area (Å²) in [4.78, 5) is 23.0. The maximum atomic E-state index is 11.0. The molecule has 0 aliphatic carbocycles. The molecule has 1 N–H and O–H groups in total. The summed E-state index contributed by atoms with van der Waals surface area (Å²) in [7, 11) is 0. The first-order chi connectivity index (χ1) is 8.47. The zero-order valence-electron chi connectivity index (χ0n) is 10.00. The van der Waals surface area contributed by atoms with Crippen molar-refractivity contribution < 1.29 is 14.8 Å². The van der Waals surface area contributed by atoms with Crippen LogP contribution in [0.5, 0.6) is 0 Å². The summed E-state index contributed by atoms with van der Waals surface area (Å²) in [6.07, 6.45) is 0.121. The fourth-order valence-electron chi connectivity index (χ4n) is 2.19. The van der Waals surface area contributed by atoms with Crippen LogP contribution >= 0.6 is 0 Å². The number of nitrogens with zero attached hydrogens (tertiary/aromatic N) is 2. The number of nitro benzene ring substituents is 1. The number of rotatable bonds is 4. The molecular weight excluding hydrogens is 236 g/mol. The Morgan fingerprint density at radius 3 is 2.78 bits per heavy atom. The van der Waals surface area contributed by atoms with Crippen LogP contribution in [0.15, 0.2) is 18.2 Å². The van der Waals surface area contributed by atoms with E-state index in [4.69, 9.17) is 5.11 Å². The average molecular weight is 250 g/mol. The predicted octanol–water partition coefficient (Wildman–Crippen LogP) is 1.81. The van der Waals surface area contributed by atoms with Gasteiger partial charge in [-0.1, -0.05) is 6.07 Å². The molecule has 0 unspecified atom stereocenters. The van der Waals surface area contributed by atoms with E-state index in [2.05, 4.69) is 0 Å². The highest BCUT2D eigenvalue weighted by molar-refractivity contribution is 5.69. The third kappa shape index (κ3) is 2.42. The molecule has 0 radical (unpaired) electrons. The van der Waals surface area contributed by atoms with Crippen molar-refractivity contribution >= 4 is 17.3 Å². The molecule has 1 heterocycles. The second-order valence-corrected chi connectivity index (χ2v) is 4.62. The molecule has 18 heavy (non-hydrogen) atoms. The number of benzene rings is 1. The number of aryl methyl sites for hydroxylation is 1. The molecule has 0 aromatic heterocycles. The van der Waals surface area contributed by atoms with Crippen molar-refractivity contribution in [1.29, 1.82) is 0 Å². The molecule has 1 aliphatic rings. The Bertz CT molecular complexity index is 495. The quantitative estimate of drug-likeness (QED) is 0.650. The number of hydrogen-bond acceptors (Lipinski definition) is 4. The minimum absolute atomic E-state index is 0.0865. The van der Waals surface area contributed by atoms with Crippen LogP contribution in [-0.4, -0.2) is 29.1 Å². The molecule has 0 spiro atoms. The number of carbonyl (C=O) groups is 1. The smallest absolute Gasteiger partial charge is 0.303 e. The van der Waals surface area contributed by atoms with Crippen LogP contribution in [0.1, 0.15) is 12.0 Å². The van der Waals surface area contributed by atoms with Gasteiger partial charge >= 0.3 is 5.97 Å². The molecule has 6 heteroatoms. The summed E-state index contributed by atoms with van der Waals surface area (Å²) in [5.41, 5.74) is 1.50. The largest absolute Gasteiger partial charge is 0.481 e. The fourth-order valence-corrected chi connectivity index (χ4v) is 2.19. The summed E-state index contributed by atoms with van der Waals surface area (Å²) < 4.78 is 0. The number of anilines is 1. The van der Waals surface area contributed by atoms with E-state index >= 15 is 0 Å². The second-order valence-electron chi connectivity index (χ2n) is 4.62. The number of nitro groups is 1. The Balaban J connectivity index is 2.11. The lowest BCUT2D eigenvalue weighted by Gasteiger charge is -2.40. The van der Waals surface area contributed by atoms with Gasteiger partial charge in [-0.2, -0.15) is 0 Å². The normalized spacial score (nSPS) is 15.3. The van der Waals surface area contributed by atoms with Crippen LogP contribution in [0, 0.1) is 23.0 Å². The van der Waals surface area contributed by atoms with Crippen molar-refractivity contribution in [2.45, 2.75) is 13.3 Å². The highest BCUT2D eigenvalue weighted by Crippen LogP contribution is 2.34. The molecule has 0 atom stereocenters. The minimum Gasteiger partial charge on any atom is -0.481 e. The van der Waals surface area contributed by atoms with Crippen LogP contribution in [0.3, 0.4) is 0 Å². The second kappa shape index (κ2) is 4.64. The summed E-state index contributed by atoms with van der Waals surface area (Å²) in [6.45, 7) is 2.94. The fraction of sp³-hybridized carbons (Fsp3) is 0.417. The Labute approximate surface area is 104 Å². The van der Waals surface area contributed by atoms with E-state index in [1.807, 2.05) is 11.0 Å². The summed E-state index contributed by atoms with van der Waals surface area (Å²) >= 11 is 0. The van der Waals surface area contributed by atoms with Crippen LogP contribution < -0.4 is 4.90 Å². The molecule has 0 amide bonds. The first-order valence-electron chi connectivity index (χ1n) is 5.69. The zero-order valence-corrected chi connectivity index (χ0v) is 10.00. The first kappa shape index (κ1) is 12.3.